The van der Waals surface area contributed by atoms with Crippen LogP contribution in [0.2, 0.25) is 0 Å². The Hall–Kier alpha value is -3.15. The number of ether oxygens (including phenoxy) is 3. The fraction of sp³-hybridized carbons (Fsp3) is 0.789. The highest BCUT2D eigenvalue weighted by atomic mass is 16.6. The normalized spacial score (nSPS) is 12.5. The van der Waals surface area contributed by atoms with Gasteiger partial charge in [-0.15, -0.1) is 0 Å². The average molecular weight is 1080 g/mol. The molecular formula is C71H126O6. The molecule has 0 rings (SSSR count). The molecule has 0 saturated heterocycles. The number of unbranched alkanes of at least 4 members (excludes halogenated alkanes) is 39. The van der Waals surface area contributed by atoms with Crippen molar-refractivity contribution in [2.75, 3.05) is 13.2 Å². The molecule has 0 aliphatic carbocycles. The highest BCUT2D eigenvalue weighted by Crippen LogP contribution is 2.18. The second kappa shape index (κ2) is 65.4. The van der Waals surface area contributed by atoms with Crippen molar-refractivity contribution in [3.63, 3.8) is 0 Å². The Bertz CT molecular complexity index is 1420. The minimum Gasteiger partial charge on any atom is -0.462 e. The fourth-order valence-electron chi connectivity index (χ4n) is 9.74. The van der Waals surface area contributed by atoms with Crippen molar-refractivity contribution >= 4 is 17.9 Å². The molecule has 0 aromatic carbocycles. The van der Waals surface area contributed by atoms with Crippen molar-refractivity contribution in [3.05, 3.63) is 72.9 Å². The lowest BCUT2D eigenvalue weighted by molar-refractivity contribution is -0.166. The Balaban J connectivity index is 4.10. The van der Waals surface area contributed by atoms with Gasteiger partial charge in [0.2, 0.25) is 0 Å². The van der Waals surface area contributed by atoms with Crippen LogP contribution in [0, 0.1) is 0 Å². The summed E-state index contributed by atoms with van der Waals surface area (Å²) in [6.45, 7) is 6.43. The number of carbonyl (C=O) groups is 3. The number of carbonyl (C=O) groups excluding carboxylic acids is 3. The molecule has 0 N–H and O–H groups in total. The molecule has 0 aliphatic heterocycles. The van der Waals surface area contributed by atoms with E-state index in [2.05, 4.69) is 81.5 Å². The van der Waals surface area contributed by atoms with Gasteiger partial charge < -0.3 is 14.2 Å². The predicted molar refractivity (Wildman–Crippen MR) is 335 cm³/mol. The molecule has 0 aliphatic rings. The molecule has 0 saturated carbocycles. The van der Waals surface area contributed by atoms with E-state index < -0.39 is 12.1 Å². The quantitative estimate of drug-likeness (QED) is 0.0261. The van der Waals surface area contributed by atoms with Crippen molar-refractivity contribution in [1.29, 1.82) is 0 Å². The molecule has 0 radical (unpaired) electrons. The molecular weight excluding hydrogens is 949 g/mol. The SMILES string of the molecule is CC/C=C\C/C=C\C/C=C\C/C=C\C/C=C\CC(=O)OC(COC(=O)CCCCCCC/C=C\CCCC)COC(=O)CCCCCCCCCCCCCCCCCCCCCCCCCCCCCCCCCCC. The van der Waals surface area contributed by atoms with Crippen LogP contribution in [0.15, 0.2) is 72.9 Å². The lowest BCUT2D eigenvalue weighted by Crippen LogP contribution is -2.30. The van der Waals surface area contributed by atoms with E-state index in [9.17, 15) is 14.4 Å². The summed E-state index contributed by atoms with van der Waals surface area (Å²) in [6.07, 6.45) is 85.6. The standard InChI is InChI=1S/C71H126O6/c1-4-7-10-13-16-19-22-24-26-27-28-29-30-31-32-33-34-35-36-37-38-39-40-41-42-43-45-46-49-52-55-58-61-64-70(73)76-67-68(66-75-69(72)63-60-57-54-51-48-21-18-15-12-9-6-3)77-71(74)65-62-59-56-53-50-47-44-25-23-20-17-14-11-8-5-2/h8,11,15,17-18,20,25,44,50,53,59,62,68H,4-7,9-10,12-14,16,19,21-24,26-43,45-49,51-52,54-58,60-61,63-67H2,1-3H3/b11-8-,18-15-,20-17-,44-25-,53-50-,62-59-. The van der Waals surface area contributed by atoms with Gasteiger partial charge in [-0.2, -0.15) is 0 Å². The van der Waals surface area contributed by atoms with Crippen LogP contribution in [0.4, 0.5) is 0 Å². The number of rotatable bonds is 61. The Morgan fingerprint density at radius 1 is 0.286 bits per heavy atom. The van der Waals surface area contributed by atoms with Crippen molar-refractivity contribution in [3.8, 4) is 0 Å². The molecule has 6 nitrogen and oxygen atoms in total. The molecule has 0 aromatic rings. The Labute approximate surface area is 478 Å². The van der Waals surface area contributed by atoms with Gasteiger partial charge >= 0.3 is 17.9 Å². The first-order valence-corrected chi connectivity index (χ1v) is 33.4. The first kappa shape index (κ1) is 73.8. The maximum absolute atomic E-state index is 12.8. The van der Waals surface area contributed by atoms with E-state index in [-0.39, 0.29) is 31.6 Å². The van der Waals surface area contributed by atoms with Crippen LogP contribution in [-0.4, -0.2) is 37.2 Å². The van der Waals surface area contributed by atoms with Crippen LogP contribution in [0.5, 0.6) is 0 Å². The van der Waals surface area contributed by atoms with Gasteiger partial charge in [-0.05, 0) is 64.2 Å². The topological polar surface area (TPSA) is 78.9 Å². The van der Waals surface area contributed by atoms with Crippen LogP contribution in [0.3, 0.4) is 0 Å². The monoisotopic (exact) mass is 1070 g/mol. The average Bonchev–Trinajstić information content (AvgIpc) is 3.43. The van der Waals surface area contributed by atoms with E-state index in [0.717, 1.165) is 83.5 Å². The van der Waals surface area contributed by atoms with Gasteiger partial charge in [0, 0.05) is 12.8 Å². The lowest BCUT2D eigenvalue weighted by atomic mass is 10.0. The molecule has 0 amide bonds. The van der Waals surface area contributed by atoms with Gasteiger partial charge in [-0.25, -0.2) is 0 Å². The summed E-state index contributed by atoms with van der Waals surface area (Å²) in [6, 6.07) is 0. The zero-order valence-corrected chi connectivity index (χ0v) is 51.2. The molecule has 1 unspecified atom stereocenters. The zero-order chi connectivity index (χ0) is 55.7. The summed E-state index contributed by atoms with van der Waals surface area (Å²) in [5.74, 6) is -1.04. The molecule has 0 aromatic heterocycles. The van der Waals surface area contributed by atoms with Gasteiger partial charge in [0.25, 0.3) is 0 Å². The zero-order valence-electron chi connectivity index (χ0n) is 51.2. The van der Waals surface area contributed by atoms with E-state index in [1.54, 1.807) is 6.08 Å². The number of allylic oxidation sites excluding steroid dienone is 11. The maximum Gasteiger partial charge on any atom is 0.310 e. The summed E-state index contributed by atoms with van der Waals surface area (Å²) >= 11 is 0. The predicted octanol–water partition coefficient (Wildman–Crippen LogP) is 22.9. The van der Waals surface area contributed by atoms with Gasteiger partial charge in [-0.1, -0.05) is 331 Å². The van der Waals surface area contributed by atoms with Gasteiger partial charge in [0.15, 0.2) is 6.10 Å². The first-order valence-electron chi connectivity index (χ1n) is 33.4. The summed E-state index contributed by atoms with van der Waals surface area (Å²) in [5, 5.41) is 0. The minimum atomic E-state index is -0.832. The smallest absolute Gasteiger partial charge is 0.310 e. The third-order valence-electron chi connectivity index (χ3n) is 14.7. The Morgan fingerprint density at radius 3 is 0.883 bits per heavy atom. The highest BCUT2D eigenvalue weighted by molar-refractivity contribution is 5.72. The molecule has 0 heterocycles. The van der Waals surface area contributed by atoms with Crippen LogP contribution in [0.1, 0.15) is 342 Å². The van der Waals surface area contributed by atoms with E-state index in [1.165, 1.54) is 218 Å². The molecule has 77 heavy (non-hydrogen) atoms. The van der Waals surface area contributed by atoms with Gasteiger partial charge in [0.05, 0.1) is 6.42 Å². The Morgan fingerprint density at radius 2 is 0.558 bits per heavy atom. The van der Waals surface area contributed by atoms with Crippen LogP contribution in [-0.2, 0) is 28.6 Å². The summed E-state index contributed by atoms with van der Waals surface area (Å²) in [4.78, 5) is 38.1. The fourth-order valence-corrected chi connectivity index (χ4v) is 9.74. The van der Waals surface area contributed by atoms with E-state index in [0.29, 0.717) is 12.8 Å². The van der Waals surface area contributed by atoms with E-state index >= 15 is 0 Å². The Kier molecular flexibility index (Phi) is 62.7. The molecule has 0 spiro atoms. The summed E-state index contributed by atoms with van der Waals surface area (Å²) in [7, 11) is 0. The van der Waals surface area contributed by atoms with Crippen molar-refractivity contribution in [2.24, 2.45) is 0 Å². The van der Waals surface area contributed by atoms with Gasteiger partial charge in [0.1, 0.15) is 13.2 Å². The highest BCUT2D eigenvalue weighted by Gasteiger charge is 2.19. The van der Waals surface area contributed by atoms with Crippen molar-refractivity contribution in [2.45, 2.75) is 348 Å². The first-order chi connectivity index (χ1) is 38.0. The largest absolute Gasteiger partial charge is 0.462 e. The molecule has 1 atom stereocenters. The van der Waals surface area contributed by atoms with E-state index in [1.807, 2.05) is 6.08 Å². The van der Waals surface area contributed by atoms with Crippen molar-refractivity contribution < 1.29 is 28.6 Å². The van der Waals surface area contributed by atoms with Crippen molar-refractivity contribution in [1.82, 2.24) is 0 Å². The van der Waals surface area contributed by atoms with Gasteiger partial charge in [-0.3, -0.25) is 14.4 Å². The third kappa shape index (κ3) is 63.6. The molecule has 6 heteroatoms. The van der Waals surface area contributed by atoms with Crippen LogP contribution < -0.4 is 0 Å². The molecule has 446 valence electrons. The number of hydrogen-bond donors (Lipinski definition) is 0. The molecule has 0 fully saturated rings. The molecule has 0 bridgehead atoms. The summed E-state index contributed by atoms with van der Waals surface area (Å²) in [5.41, 5.74) is 0. The maximum atomic E-state index is 12.8. The second-order valence-electron chi connectivity index (χ2n) is 22.4. The van der Waals surface area contributed by atoms with Crippen LogP contribution in [0.25, 0.3) is 0 Å². The van der Waals surface area contributed by atoms with Crippen LogP contribution >= 0.6 is 0 Å². The second-order valence-corrected chi connectivity index (χ2v) is 22.4. The minimum absolute atomic E-state index is 0.0974. The lowest BCUT2D eigenvalue weighted by Gasteiger charge is -2.18. The number of esters is 3. The number of hydrogen-bond acceptors (Lipinski definition) is 6. The summed E-state index contributed by atoms with van der Waals surface area (Å²) < 4.78 is 16.8. The van der Waals surface area contributed by atoms with E-state index in [4.69, 9.17) is 14.2 Å². The third-order valence-corrected chi connectivity index (χ3v) is 14.7.